The van der Waals surface area contributed by atoms with Gasteiger partial charge in [0, 0.05) is 17.6 Å². The molecule has 0 radical (unpaired) electrons. The zero-order valence-electron chi connectivity index (χ0n) is 13.2. The monoisotopic (exact) mass is 302 g/mol. The molecule has 6 nitrogen and oxygen atoms in total. The molecule has 2 heterocycles. The second kappa shape index (κ2) is 5.61. The van der Waals surface area contributed by atoms with Gasteiger partial charge in [0.2, 0.25) is 0 Å². The minimum Gasteiger partial charge on any atom is -0.443 e. The summed E-state index contributed by atoms with van der Waals surface area (Å²) in [7, 11) is 0. The number of nitrogens with one attached hydrogen (secondary N) is 2. The number of anilines is 1. The van der Waals surface area contributed by atoms with Gasteiger partial charge in [-0.2, -0.15) is 5.10 Å². The molecule has 1 amide bonds. The fourth-order valence-electron chi connectivity index (χ4n) is 2.72. The SMILES string of the molecule is CC(C)(C)OC(=O)N(c1ccc2[nH]ncc2c1)C1CCNC1. The van der Waals surface area contributed by atoms with Crippen LogP contribution in [0.4, 0.5) is 10.5 Å². The van der Waals surface area contributed by atoms with E-state index in [0.717, 1.165) is 36.1 Å². The molecule has 1 aliphatic heterocycles. The van der Waals surface area contributed by atoms with Crippen LogP contribution in [0.1, 0.15) is 27.2 Å². The van der Waals surface area contributed by atoms with Crippen molar-refractivity contribution in [2.75, 3.05) is 18.0 Å². The zero-order valence-corrected chi connectivity index (χ0v) is 13.2. The number of hydrogen-bond acceptors (Lipinski definition) is 4. The van der Waals surface area contributed by atoms with Gasteiger partial charge in [-0.25, -0.2) is 4.79 Å². The highest BCUT2D eigenvalue weighted by Crippen LogP contribution is 2.26. The number of aromatic amines is 1. The van der Waals surface area contributed by atoms with E-state index in [-0.39, 0.29) is 12.1 Å². The van der Waals surface area contributed by atoms with Gasteiger partial charge in [-0.15, -0.1) is 0 Å². The minimum atomic E-state index is -0.513. The molecule has 1 aliphatic rings. The first-order valence-corrected chi connectivity index (χ1v) is 7.60. The predicted molar refractivity (Wildman–Crippen MR) is 86.1 cm³/mol. The van der Waals surface area contributed by atoms with Gasteiger partial charge in [-0.05, 0) is 51.9 Å². The summed E-state index contributed by atoms with van der Waals surface area (Å²) < 4.78 is 5.60. The lowest BCUT2D eigenvalue weighted by molar-refractivity contribution is 0.0568. The third-order valence-corrected chi connectivity index (χ3v) is 3.69. The van der Waals surface area contributed by atoms with Crippen molar-refractivity contribution in [2.24, 2.45) is 0 Å². The Bertz CT molecular complexity index is 668. The number of carbonyl (C=O) groups is 1. The number of fused-ring (bicyclic) bond motifs is 1. The Morgan fingerprint density at radius 2 is 2.23 bits per heavy atom. The van der Waals surface area contributed by atoms with Crippen LogP contribution in [0.25, 0.3) is 10.9 Å². The Balaban J connectivity index is 1.94. The van der Waals surface area contributed by atoms with Gasteiger partial charge < -0.3 is 10.1 Å². The lowest BCUT2D eigenvalue weighted by Gasteiger charge is -2.31. The molecule has 2 N–H and O–H groups in total. The number of H-pyrrole nitrogens is 1. The molecule has 6 heteroatoms. The Kier molecular flexibility index (Phi) is 3.78. The molecule has 0 saturated carbocycles. The number of rotatable bonds is 2. The van der Waals surface area contributed by atoms with Crippen molar-refractivity contribution >= 4 is 22.7 Å². The van der Waals surface area contributed by atoms with E-state index in [1.165, 1.54) is 0 Å². The first-order chi connectivity index (χ1) is 10.4. The van der Waals surface area contributed by atoms with E-state index in [1.807, 2.05) is 39.0 Å². The van der Waals surface area contributed by atoms with Gasteiger partial charge in [-0.3, -0.25) is 10.00 Å². The zero-order chi connectivity index (χ0) is 15.7. The fraction of sp³-hybridized carbons (Fsp3) is 0.500. The van der Waals surface area contributed by atoms with E-state index in [4.69, 9.17) is 4.74 Å². The van der Waals surface area contributed by atoms with Crippen molar-refractivity contribution in [3.8, 4) is 0 Å². The van der Waals surface area contributed by atoms with Crippen LogP contribution >= 0.6 is 0 Å². The standard InChI is InChI=1S/C16H22N4O2/c1-16(2,3)22-15(21)20(13-6-7-17-10-13)12-4-5-14-11(8-12)9-18-19-14/h4-5,8-9,13,17H,6-7,10H2,1-3H3,(H,18,19). The number of carbonyl (C=O) groups excluding carboxylic acids is 1. The van der Waals surface area contributed by atoms with Crippen LogP contribution in [0.5, 0.6) is 0 Å². The Hall–Kier alpha value is -2.08. The molecule has 22 heavy (non-hydrogen) atoms. The number of amides is 1. The van der Waals surface area contributed by atoms with Crippen molar-refractivity contribution in [3.05, 3.63) is 24.4 Å². The third-order valence-electron chi connectivity index (χ3n) is 3.69. The lowest BCUT2D eigenvalue weighted by Crippen LogP contribution is -2.44. The van der Waals surface area contributed by atoms with Gasteiger partial charge in [0.05, 0.1) is 17.8 Å². The number of ether oxygens (including phenoxy) is 1. The van der Waals surface area contributed by atoms with Gasteiger partial charge in [0.1, 0.15) is 5.60 Å². The smallest absolute Gasteiger partial charge is 0.415 e. The molecule has 118 valence electrons. The van der Waals surface area contributed by atoms with Crippen LogP contribution in [0.3, 0.4) is 0 Å². The van der Waals surface area contributed by atoms with Crippen LogP contribution in [-0.2, 0) is 4.74 Å². The molecule has 1 atom stereocenters. The van der Waals surface area contributed by atoms with Crippen molar-refractivity contribution in [3.63, 3.8) is 0 Å². The summed E-state index contributed by atoms with van der Waals surface area (Å²) in [5.74, 6) is 0. The van der Waals surface area contributed by atoms with Gasteiger partial charge >= 0.3 is 6.09 Å². The summed E-state index contributed by atoms with van der Waals surface area (Å²) >= 11 is 0. The van der Waals surface area contributed by atoms with Gasteiger partial charge in [0.25, 0.3) is 0 Å². The first kappa shape index (κ1) is 14.8. The maximum atomic E-state index is 12.7. The number of nitrogens with zero attached hydrogens (tertiary/aromatic N) is 2. The number of aromatic nitrogens is 2. The number of benzene rings is 1. The van der Waals surface area contributed by atoms with Crippen LogP contribution in [-0.4, -0.2) is 41.0 Å². The fourth-order valence-corrected chi connectivity index (χ4v) is 2.72. The van der Waals surface area contributed by atoms with E-state index < -0.39 is 5.60 Å². The van der Waals surface area contributed by atoms with Crippen LogP contribution in [0, 0.1) is 0 Å². The molecule has 1 aromatic heterocycles. The highest BCUT2D eigenvalue weighted by atomic mass is 16.6. The summed E-state index contributed by atoms with van der Waals surface area (Å²) in [5, 5.41) is 11.2. The summed E-state index contributed by atoms with van der Waals surface area (Å²) in [6.45, 7) is 7.35. The summed E-state index contributed by atoms with van der Waals surface area (Å²) in [6.07, 6.45) is 2.38. The van der Waals surface area contributed by atoms with Crippen molar-refractivity contribution in [1.82, 2.24) is 15.5 Å². The molecule has 1 unspecified atom stereocenters. The largest absolute Gasteiger partial charge is 0.443 e. The maximum Gasteiger partial charge on any atom is 0.415 e. The van der Waals surface area contributed by atoms with Crippen molar-refractivity contribution < 1.29 is 9.53 Å². The minimum absolute atomic E-state index is 0.110. The molecule has 0 spiro atoms. The Morgan fingerprint density at radius 1 is 1.41 bits per heavy atom. The molecule has 0 bridgehead atoms. The van der Waals surface area contributed by atoms with Crippen LogP contribution in [0.15, 0.2) is 24.4 Å². The maximum absolute atomic E-state index is 12.7. The average Bonchev–Trinajstić information content (AvgIpc) is 3.06. The summed E-state index contributed by atoms with van der Waals surface area (Å²) in [4.78, 5) is 14.4. The Labute approximate surface area is 129 Å². The number of hydrogen-bond donors (Lipinski definition) is 2. The van der Waals surface area contributed by atoms with Gasteiger partial charge in [0.15, 0.2) is 0 Å². The first-order valence-electron chi connectivity index (χ1n) is 7.60. The second-order valence-electron chi connectivity index (χ2n) is 6.64. The molecule has 1 fully saturated rings. The molecular formula is C16H22N4O2. The normalized spacial score (nSPS) is 18.6. The van der Waals surface area contributed by atoms with Crippen LogP contribution in [0.2, 0.25) is 0 Å². The Morgan fingerprint density at radius 3 is 2.91 bits per heavy atom. The lowest BCUT2D eigenvalue weighted by atomic mass is 10.1. The molecule has 0 aliphatic carbocycles. The molecule has 1 saturated heterocycles. The van der Waals surface area contributed by atoms with Crippen molar-refractivity contribution in [1.29, 1.82) is 0 Å². The highest BCUT2D eigenvalue weighted by molar-refractivity contribution is 5.92. The predicted octanol–water partition coefficient (Wildman–Crippen LogP) is 2.67. The van der Waals surface area contributed by atoms with Gasteiger partial charge in [-0.1, -0.05) is 0 Å². The summed E-state index contributed by atoms with van der Waals surface area (Å²) in [5.41, 5.74) is 1.29. The topological polar surface area (TPSA) is 70.2 Å². The van der Waals surface area contributed by atoms with E-state index in [0.29, 0.717) is 0 Å². The molecule has 3 rings (SSSR count). The second-order valence-corrected chi connectivity index (χ2v) is 6.64. The summed E-state index contributed by atoms with van der Waals surface area (Å²) in [6, 6.07) is 5.96. The molecule has 2 aromatic rings. The van der Waals surface area contributed by atoms with E-state index in [9.17, 15) is 4.79 Å². The molecule has 1 aromatic carbocycles. The highest BCUT2D eigenvalue weighted by Gasteiger charge is 2.31. The van der Waals surface area contributed by atoms with Crippen molar-refractivity contribution in [2.45, 2.75) is 38.8 Å². The van der Waals surface area contributed by atoms with E-state index in [1.54, 1.807) is 11.1 Å². The van der Waals surface area contributed by atoms with E-state index >= 15 is 0 Å². The van der Waals surface area contributed by atoms with E-state index in [2.05, 4.69) is 15.5 Å². The quantitative estimate of drug-likeness (QED) is 0.895. The average molecular weight is 302 g/mol. The molecular weight excluding hydrogens is 280 g/mol. The third kappa shape index (κ3) is 3.06. The van der Waals surface area contributed by atoms with Crippen LogP contribution < -0.4 is 10.2 Å².